The van der Waals surface area contributed by atoms with Crippen molar-refractivity contribution in [3.05, 3.63) is 48.2 Å². The highest BCUT2D eigenvalue weighted by molar-refractivity contribution is 5.70. The number of morpholine rings is 2. The molecule has 0 amide bonds. The van der Waals surface area contributed by atoms with Crippen molar-refractivity contribution in [2.45, 2.75) is 6.18 Å². The summed E-state index contributed by atoms with van der Waals surface area (Å²) >= 11 is 0. The van der Waals surface area contributed by atoms with E-state index in [1.807, 2.05) is 29.2 Å². The van der Waals surface area contributed by atoms with Gasteiger partial charge in [0.2, 0.25) is 5.95 Å². The highest BCUT2D eigenvalue weighted by atomic mass is 19.4. The zero-order valence-electron chi connectivity index (χ0n) is 19.5. The second-order valence-electron chi connectivity index (χ2n) is 8.46. The number of nitrogens with one attached hydrogen (secondary N) is 1. The summed E-state index contributed by atoms with van der Waals surface area (Å²) in [7, 11) is 0. The first-order chi connectivity index (χ1) is 17.4. The van der Waals surface area contributed by atoms with Gasteiger partial charge in [0.15, 0.2) is 0 Å². The molecule has 36 heavy (non-hydrogen) atoms. The van der Waals surface area contributed by atoms with Crippen molar-refractivity contribution < 1.29 is 22.6 Å². The Morgan fingerprint density at radius 3 is 2.14 bits per heavy atom. The van der Waals surface area contributed by atoms with Gasteiger partial charge >= 0.3 is 6.18 Å². The van der Waals surface area contributed by atoms with Gasteiger partial charge in [-0.05, 0) is 30.3 Å². The lowest BCUT2D eigenvalue weighted by molar-refractivity contribution is -0.137. The van der Waals surface area contributed by atoms with Crippen molar-refractivity contribution in [1.82, 2.24) is 15.0 Å². The molecule has 0 atom stereocenters. The Balaban J connectivity index is 1.49. The SMILES string of the molecule is Nc1cc(C(F)(F)F)c(-c2cc(N3CCOCC3)nc(Nc3ccc(N4CCOCC4)cc3)n2)cn1. The fraction of sp³-hybridized carbons (Fsp3) is 0.375. The number of rotatable bonds is 5. The monoisotopic (exact) mass is 501 g/mol. The van der Waals surface area contributed by atoms with Crippen LogP contribution in [0.25, 0.3) is 11.3 Å². The zero-order valence-corrected chi connectivity index (χ0v) is 19.5. The summed E-state index contributed by atoms with van der Waals surface area (Å²) in [5, 5.41) is 3.14. The summed E-state index contributed by atoms with van der Waals surface area (Å²) in [6.07, 6.45) is -3.52. The van der Waals surface area contributed by atoms with Gasteiger partial charge in [-0.25, -0.2) is 9.97 Å². The number of nitrogens with two attached hydrogens (primary N) is 1. The second kappa shape index (κ2) is 10.2. The van der Waals surface area contributed by atoms with E-state index in [1.165, 1.54) is 0 Å². The van der Waals surface area contributed by atoms with Crippen LogP contribution < -0.4 is 20.9 Å². The van der Waals surface area contributed by atoms with Crippen molar-refractivity contribution in [2.24, 2.45) is 0 Å². The molecule has 0 spiro atoms. The topological polar surface area (TPSA) is 102 Å². The van der Waals surface area contributed by atoms with E-state index < -0.39 is 11.7 Å². The molecule has 190 valence electrons. The van der Waals surface area contributed by atoms with Crippen LogP contribution in [0.2, 0.25) is 0 Å². The lowest BCUT2D eigenvalue weighted by atomic mass is 10.1. The normalized spacial score (nSPS) is 16.8. The van der Waals surface area contributed by atoms with Crippen LogP contribution in [0.15, 0.2) is 42.6 Å². The number of alkyl halides is 3. The first-order valence-electron chi connectivity index (χ1n) is 11.6. The molecule has 5 rings (SSSR count). The van der Waals surface area contributed by atoms with Gasteiger partial charge in [0.25, 0.3) is 0 Å². The third kappa shape index (κ3) is 5.44. The Hall–Kier alpha value is -3.64. The third-order valence-corrected chi connectivity index (χ3v) is 6.05. The molecule has 0 saturated carbocycles. The minimum atomic E-state index is -4.63. The molecule has 4 heterocycles. The van der Waals surface area contributed by atoms with E-state index in [2.05, 4.69) is 25.2 Å². The van der Waals surface area contributed by atoms with Crippen molar-refractivity contribution in [3.8, 4) is 11.3 Å². The Bertz CT molecular complexity index is 1200. The van der Waals surface area contributed by atoms with Crippen LogP contribution in [-0.4, -0.2) is 67.6 Å². The first kappa shape index (κ1) is 24.1. The number of aromatic nitrogens is 3. The van der Waals surface area contributed by atoms with Gasteiger partial charge in [-0.3, -0.25) is 0 Å². The Morgan fingerprint density at radius 1 is 0.861 bits per heavy atom. The number of benzene rings is 1. The Morgan fingerprint density at radius 2 is 1.50 bits per heavy atom. The highest BCUT2D eigenvalue weighted by Crippen LogP contribution is 2.38. The molecule has 2 fully saturated rings. The van der Waals surface area contributed by atoms with E-state index in [-0.39, 0.29) is 23.0 Å². The quantitative estimate of drug-likeness (QED) is 0.543. The number of halogens is 3. The minimum Gasteiger partial charge on any atom is -0.384 e. The number of ether oxygens (including phenoxy) is 2. The second-order valence-corrected chi connectivity index (χ2v) is 8.46. The highest BCUT2D eigenvalue weighted by Gasteiger charge is 2.35. The molecule has 3 N–H and O–H groups in total. The number of nitrogen functional groups attached to an aromatic ring is 1. The van der Waals surface area contributed by atoms with Gasteiger partial charge in [-0.15, -0.1) is 0 Å². The van der Waals surface area contributed by atoms with Crippen LogP contribution in [0.1, 0.15) is 5.56 Å². The molecule has 2 aromatic heterocycles. The molecule has 2 aliphatic rings. The number of hydrogen-bond acceptors (Lipinski definition) is 9. The van der Waals surface area contributed by atoms with E-state index in [9.17, 15) is 13.2 Å². The van der Waals surface area contributed by atoms with Gasteiger partial charge in [-0.1, -0.05) is 0 Å². The fourth-order valence-electron chi connectivity index (χ4n) is 4.20. The van der Waals surface area contributed by atoms with Crippen molar-refractivity contribution in [2.75, 3.05) is 73.5 Å². The zero-order chi connectivity index (χ0) is 25.1. The van der Waals surface area contributed by atoms with Crippen molar-refractivity contribution >= 4 is 29.0 Å². The fourth-order valence-corrected chi connectivity index (χ4v) is 4.20. The molecular formula is C24H26F3N7O2. The Labute approximate surface area is 206 Å². The van der Waals surface area contributed by atoms with E-state index >= 15 is 0 Å². The van der Waals surface area contributed by atoms with Crippen LogP contribution in [0.5, 0.6) is 0 Å². The molecule has 0 unspecified atom stereocenters. The maximum Gasteiger partial charge on any atom is 0.417 e. The summed E-state index contributed by atoms with van der Waals surface area (Å²) in [6, 6.07) is 10.1. The summed E-state index contributed by atoms with van der Waals surface area (Å²) in [4.78, 5) is 17.1. The van der Waals surface area contributed by atoms with Gasteiger partial charge in [0.05, 0.1) is 37.7 Å². The predicted molar refractivity (Wildman–Crippen MR) is 130 cm³/mol. The molecule has 3 aromatic rings. The van der Waals surface area contributed by atoms with Gasteiger partial charge < -0.3 is 30.3 Å². The molecule has 0 bridgehead atoms. The average Bonchev–Trinajstić information content (AvgIpc) is 2.89. The van der Waals surface area contributed by atoms with Crippen molar-refractivity contribution in [3.63, 3.8) is 0 Å². The van der Waals surface area contributed by atoms with Gasteiger partial charge in [0, 0.05) is 55.4 Å². The lowest BCUT2D eigenvalue weighted by Gasteiger charge is -2.29. The maximum atomic E-state index is 13.8. The van der Waals surface area contributed by atoms with E-state index in [0.717, 1.165) is 31.0 Å². The summed E-state index contributed by atoms with van der Waals surface area (Å²) in [5.74, 6) is 0.464. The van der Waals surface area contributed by atoms with Crippen LogP contribution in [0.4, 0.5) is 42.1 Å². The maximum absolute atomic E-state index is 13.8. The van der Waals surface area contributed by atoms with Crippen LogP contribution >= 0.6 is 0 Å². The summed E-state index contributed by atoms with van der Waals surface area (Å²) < 4.78 is 52.3. The smallest absolute Gasteiger partial charge is 0.384 e. The number of nitrogens with zero attached hydrogens (tertiary/aromatic N) is 5. The molecule has 0 aliphatic carbocycles. The van der Waals surface area contributed by atoms with Crippen LogP contribution in [0.3, 0.4) is 0 Å². The predicted octanol–water partition coefficient (Wildman–Crippen LogP) is 3.56. The number of hydrogen-bond donors (Lipinski definition) is 2. The Kier molecular flexibility index (Phi) is 6.79. The minimum absolute atomic E-state index is 0.0961. The standard InChI is InChI=1S/C24H26F3N7O2/c25-24(26,27)19-13-21(28)29-15-18(19)20-14-22(34-7-11-36-12-8-34)32-23(31-20)30-16-1-3-17(4-2-16)33-5-9-35-10-6-33/h1-4,13-15H,5-12H2,(H2,28,29)(H,30,31,32). The molecular weight excluding hydrogens is 475 g/mol. The van der Waals surface area contributed by atoms with E-state index in [4.69, 9.17) is 15.2 Å². The van der Waals surface area contributed by atoms with Crippen molar-refractivity contribution in [1.29, 1.82) is 0 Å². The third-order valence-electron chi connectivity index (χ3n) is 6.05. The largest absolute Gasteiger partial charge is 0.417 e. The van der Waals surface area contributed by atoms with Gasteiger partial charge in [-0.2, -0.15) is 18.2 Å². The molecule has 2 saturated heterocycles. The van der Waals surface area contributed by atoms with Crippen LogP contribution in [-0.2, 0) is 15.7 Å². The molecule has 0 radical (unpaired) electrons. The molecule has 2 aliphatic heterocycles. The molecule has 1 aromatic carbocycles. The van der Waals surface area contributed by atoms with Gasteiger partial charge in [0.1, 0.15) is 11.6 Å². The molecule has 9 nitrogen and oxygen atoms in total. The number of pyridine rings is 1. The van der Waals surface area contributed by atoms with E-state index in [0.29, 0.717) is 51.0 Å². The van der Waals surface area contributed by atoms with E-state index in [1.54, 1.807) is 6.07 Å². The number of anilines is 5. The summed E-state index contributed by atoms with van der Waals surface area (Å²) in [5.41, 5.74) is 6.36. The van der Waals surface area contributed by atoms with Crippen LogP contribution in [0, 0.1) is 0 Å². The summed E-state index contributed by atoms with van der Waals surface area (Å²) in [6.45, 7) is 5.14. The lowest BCUT2D eigenvalue weighted by Crippen LogP contribution is -2.36. The average molecular weight is 502 g/mol. The first-order valence-corrected chi connectivity index (χ1v) is 11.6. The molecule has 12 heteroatoms.